The molecule has 2 atom stereocenters. The molecule has 2 unspecified atom stereocenters. The van der Waals surface area contributed by atoms with Gasteiger partial charge in [-0.3, -0.25) is 0 Å². The Labute approximate surface area is 113 Å². The van der Waals surface area contributed by atoms with E-state index < -0.39 is 0 Å². The second-order valence-electron chi connectivity index (χ2n) is 4.71. The number of hydrogen-bond acceptors (Lipinski definition) is 2. The summed E-state index contributed by atoms with van der Waals surface area (Å²) >= 11 is 0. The zero-order chi connectivity index (χ0) is 13.8. The van der Waals surface area contributed by atoms with Crippen LogP contribution in [0.2, 0.25) is 0 Å². The predicted octanol–water partition coefficient (Wildman–Crippen LogP) is 3.60. The topological polar surface area (TPSA) is 35.2 Å². The minimum atomic E-state index is -0.290. The van der Waals surface area contributed by atoms with Crippen molar-refractivity contribution in [3.63, 3.8) is 0 Å². The lowest BCUT2D eigenvalue weighted by molar-refractivity contribution is 0.190. The van der Waals surface area contributed by atoms with Crippen molar-refractivity contribution in [2.24, 2.45) is 5.73 Å². The van der Waals surface area contributed by atoms with Gasteiger partial charge in [0.1, 0.15) is 17.7 Å². The number of rotatable bonds is 4. The Morgan fingerprint density at radius 3 is 2.16 bits per heavy atom. The number of nitrogens with two attached hydrogens (primary N) is 1. The van der Waals surface area contributed by atoms with E-state index in [1.54, 1.807) is 12.1 Å². The van der Waals surface area contributed by atoms with Gasteiger partial charge < -0.3 is 10.5 Å². The van der Waals surface area contributed by atoms with Gasteiger partial charge in [0.2, 0.25) is 0 Å². The van der Waals surface area contributed by atoms with Crippen LogP contribution in [0.4, 0.5) is 4.39 Å². The summed E-state index contributed by atoms with van der Waals surface area (Å²) in [4.78, 5) is 0. The number of ether oxygens (including phenoxy) is 1. The number of halogens is 1. The van der Waals surface area contributed by atoms with Crippen LogP contribution < -0.4 is 10.5 Å². The van der Waals surface area contributed by atoms with Crippen LogP contribution in [0.5, 0.6) is 5.75 Å². The van der Waals surface area contributed by atoms with E-state index in [9.17, 15) is 4.39 Å². The minimum absolute atomic E-state index is 0.187. The van der Waals surface area contributed by atoms with E-state index in [4.69, 9.17) is 10.5 Å². The lowest BCUT2D eigenvalue weighted by atomic mass is 10.0. The van der Waals surface area contributed by atoms with Gasteiger partial charge in [-0.05, 0) is 43.7 Å². The summed E-state index contributed by atoms with van der Waals surface area (Å²) in [6, 6.07) is 13.7. The summed E-state index contributed by atoms with van der Waals surface area (Å²) in [5.74, 6) is 0.527. The van der Waals surface area contributed by atoms with Crippen molar-refractivity contribution in [2.75, 3.05) is 0 Å². The van der Waals surface area contributed by atoms with Gasteiger partial charge in [0.25, 0.3) is 0 Å². The molecule has 0 bridgehead atoms. The molecule has 0 heterocycles. The second-order valence-corrected chi connectivity index (χ2v) is 4.71. The quantitative estimate of drug-likeness (QED) is 0.910. The molecule has 0 aliphatic heterocycles. The lowest BCUT2D eigenvalue weighted by Gasteiger charge is -2.22. The summed E-state index contributed by atoms with van der Waals surface area (Å²) in [6.07, 6.45) is -0.187. The highest BCUT2D eigenvalue weighted by Crippen LogP contribution is 2.20. The molecule has 0 saturated carbocycles. The summed E-state index contributed by atoms with van der Waals surface area (Å²) in [6.45, 7) is 3.94. The van der Waals surface area contributed by atoms with Crippen LogP contribution in [0.3, 0.4) is 0 Å². The van der Waals surface area contributed by atoms with Crippen LogP contribution in [-0.4, -0.2) is 6.10 Å². The average Bonchev–Trinajstić information content (AvgIpc) is 2.41. The van der Waals surface area contributed by atoms with Crippen molar-refractivity contribution in [3.05, 3.63) is 65.5 Å². The van der Waals surface area contributed by atoms with Gasteiger partial charge in [-0.25, -0.2) is 4.39 Å². The van der Waals surface area contributed by atoms with Gasteiger partial charge in [-0.15, -0.1) is 0 Å². The van der Waals surface area contributed by atoms with E-state index in [1.165, 1.54) is 17.7 Å². The molecule has 0 fully saturated rings. The van der Waals surface area contributed by atoms with Crippen molar-refractivity contribution in [3.8, 4) is 5.75 Å². The fourth-order valence-corrected chi connectivity index (χ4v) is 1.86. The number of benzene rings is 2. The third-order valence-electron chi connectivity index (χ3n) is 3.10. The highest BCUT2D eigenvalue weighted by atomic mass is 19.1. The molecule has 2 aromatic carbocycles. The lowest BCUT2D eigenvalue weighted by Crippen LogP contribution is -2.28. The van der Waals surface area contributed by atoms with E-state index in [1.807, 2.05) is 38.1 Å². The Morgan fingerprint density at radius 2 is 1.58 bits per heavy atom. The maximum Gasteiger partial charge on any atom is 0.123 e. The van der Waals surface area contributed by atoms with Crippen molar-refractivity contribution in [1.29, 1.82) is 0 Å². The molecule has 2 N–H and O–H groups in total. The Kier molecular flexibility index (Phi) is 4.17. The first kappa shape index (κ1) is 13.6. The van der Waals surface area contributed by atoms with Gasteiger partial charge in [0.15, 0.2) is 0 Å². The largest absolute Gasteiger partial charge is 0.489 e. The third-order valence-corrected chi connectivity index (χ3v) is 3.10. The standard InChI is InChI=1S/C16H18FNO/c1-11-3-9-15(10-4-11)19-12(2)16(18)13-5-7-14(17)8-6-13/h3-10,12,16H,18H2,1-2H3. The van der Waals surface area contributed by atoms with E-state index in [0.29, 0.717) is 0 Å². The molecule has 2 aromatic rings. The zero-order valence-corrected chi connectivity index (χ0v) is 11.1. The Bertz CT molecular complexity index is 521. The number of hydrogen-bond donors (Lipinski definition) is 1. The van der Waals surface area contributed by atoms with Gasteiger partial charge in [0, 0.05) is 0 Å². The van der Waals surface area contributed by atoms with E-state index >= 15 is 0 Å². The van der Waals surface area contributed by atoms with Crippen LogP contribution in [0.15, 0.2) is 48.5 Å². The first-order valence-corrected chi connectivity index (χ1v) is 6.30. The summed E-state index contributed by atoms with van der Waals surface area (Å²) in [5.41, 5.74) is 8.16. The van der Waals surface area contributed by atoms with Gasteiger partial charge in [0.05, 0.1) is 6.04 Å². The molecule has 0 aliphatic carbocycles. The van der Waals surface area contributed by atoms with E-state index in [0.717, 1.165) is 11.3 Å². The van der Waals surface area contributed by atoms with E-state index in [-0.39, 0.29) is 18.0 Å². The maximum atomic E-state index is 12.9. The van der Waals surface area contributed by atoms with Gasteiger partial charge in [-0.1, -0.05) is 29.8 Å². The first-order chi connectivity index (χ1) is 9.06. The molecule has 100 valence electrons. The molecule has 0 radical (unpaired) electrons. The molecular formula is C16H18FNO. The molecule has 2 nitrogen and oxygen atoms in total. The van der Waals surface area contributed by atoms with Crippen molar-refractivity contribution in [1.82, 2.24) is 0 Å². The van der Waals surface area contributed by atoms with Gasteiger partial charge >= 0.3 is 0 Å². The molecule has 0 aromatic heterocycles. The number of aryl methyl sites for hydroxylation is 1. The summed E-state index contributed by atoms with van der Waals surface area (Å²) in [5, 5.41) is 0. The highest BCUT2D eigenvalue weighted by Gasteiger charge is 2.16. The normalized spacial score (nSPS) is 13.9. The maximum absolute atomic E-state index is 12.9. The summed E-state index contributed by atoms with van der Waals surface area (Å²) < 4.78 is 18.7. The zero-order valence-electron chi connectivity index (χ0n) is 11.1. The van der Waals surface area contributed by atoms with Crippen LogP contribution >= 0.6 is 0 Å². The second kappa shape index (κ2) is 5.85. The molecule has 0 spiro atoms. The average molecular weight is 259 g/mol. The molecule has 3 heteroatoms. The van der Waals surface area contributed by atoms with Gasteiger partial charge in [-0.2, -0.15) is 0 Å². The Hall–Kier alpha value is -1.87. The Morgan fingerprint density at radius 1 is 1.00 bits per heavy atom. The molecule has 2 rings (SSSR count). The van der Waals surface area contributed by atoms with Crippen molar-refractivity contribution < 1.29 is 9.13 Å². The van der Waals surface area contributed by atoms with E-state index in [2.05, 4.69) is 0 Å². The molecule has 19 heavy (non-hydrogen) atoms. The van der Waals surface area contributed by atoms with Crippen molar-refractivity contribution >= 4 is 0 Å². The minimum Gasteiger partial charge on any atom is -0.489 e. The molecule has 0 amide bonds. The smallest absolute Gasteiger partial charge is 0.123 e. The molecular weight excluding hydrogens is 241 g/mol. The van der Waals surface area contributed by atoms with Crippen LogP contribution in [-0.2, 0) is 0 Å². The highest BCUT2D eigenvalue weighted by molar-refractivity contribution is 5.27. The SMILES string of the molecule is Cc1ccc(OC(C)C(N)c2ccc(F)cc2)cc1. The monoisotopic (exact) mass is 259 g/mol. The first-order valence-electron chi connectivity index (χ1n) is 6.30. The Balaban J connectivity index is 2.04. The molecule has 0 aliphatic rings. The fourth-order valence-electron chi connectivity index (χ4n) is 1.86. The van der Waals surface area contributed by atoms with Crippen LogP contribution in [0.25, 0.3) is 0 Å². The third kappa shape index (κ3) is 3.55. The van der Waals surface area contributed by atoms with Crippen LogP contribution in [0.1, 0.15) is 24.1 Å². The predicted molar refractivity (Wildman–Crippen MR) is 74.6 cm³/mol. The molecule has 0 saturated heterocycles. The van der Waals surface area contributed by atoms with Crippen LogP contribution in [0, 0.1) is 12.7 Å². The fraction of sp³-hybridized carbons (Fsp3) is 0.250. The summed E-state index contributed by atoms with van der Waals surface area (Å²) in [7, 11) is 0. The van der Waals surface area contributed by atoms with Crippen molar-refractivity contribution in [2.45, 2.75) is 26.0 Å².